The molecule has 0 saturated carbocycles. The van der Waals surface area contributed by atoms with Crippen molar-refractivity contribution in [1.29, 1.82) is 0 Å². The van der Waals surface area contributed by atoms with E-state index in [0.29, 0.717) is 18.9 Å². The number of ether oxygens (including phenoxy) is 2. The number of carbonyl (C=O) groups excluding carboxylic acids is 1. The van der Waals surface area contributed by atoms with Gasteiger partial charge in [0.1, 0.15) is 5.75 Å². The average Bonchev–Trinajstić information content (AvgIpc) is 2.37. The Morgan fingerprint density at radius 1 is 1.32 bits per heavy atom. The van der Waals surface area contributed by atoms with Crippen molar-refractivity contribution in [3.63, 3.8) is 0 Å². The molecule has 1 aromatic rings. The molecule has 0 bridgehead atoms. The molecule has 0 atom stereocenters. The van der Waals surface area contributed by atoms with Gasteiger partial charge < -0.3 is 19.9 Å². The topological polar surface area (TPSA) is 67.8 Å². The van der Waals surface area contributed by atoms with Crippen LogP contribution in [0.2, 0.25) is 0 Å². The lowest BCUT2D eigenvalue weighted by Gasteiger charge is -2.09. The Labute approximate surface area is 128 Å². The number of rotatable bonds is 8. The number of hydrogen-bond acceptors (Lipinski definition) is 4. The van der Waals surface area contributed by atoms with Crippen LogP contribution >= 0.6 is 31.9 Å². The van der Waals surface area contributed by atoms with Gasteiger partial charge in [-0.3, -0.25) is 4.79 Å². The lowest BCUT2D eigenvalue weighted by molar-refractivity contribution is -0.123. The smallest absolute Gasteiger partial charge is 0.258 e. The van der Waals surface area contributed by atoms with Gasteiger partial charge in [0.15, 0.2) is 6.61 Å². The fourth-order valence-corrected chi connectivity index (χ4v) is 2.38. The van der Waals surface area contributed by atoms with Gasteiger partial charge in [0, 0.05) is 11.0 Å². The highest BCUT2D eigenvalue weighted by atomic mass is 79.9. The summed E-state index contributed by atoms with van der Waals surface area (Å²) in [7, 11) is 0. The maximum absolute atomic E-state index is 11.5. The lowest BCUT2D eigenvalue weighted by Crippen LogP contribution is -2.31. The minimum atomic E-state index is -0.220. The Bertz CT molecular complexity index is 415. The highest BCUT2D eigenvalue weighted by Gasteiger charge is 2.05. The molecule has 0 radical (unpaired) electrons. The monoisotopic (exact) mass is 395 g/mol. The first-order chi connectivity index (χ1) is 9.13. The summed E-state index contributed by atoms with van der Waals surface area (Å²) in [5.41, 5.74) is 0. The van der Waals surface area contributed by atoms with Crippen LogP contribution in [0.5, 0.6) is 5.75 Å². The summed E-state index contributed by atoms with van der Waals surface area (Å²) < 4.78 is 12.1. The molecule has 0 aliphatic carbocycles. The first kappa shape index (κ1) is 16.4. The van der Waals surface area contributed by atoms with Crippen LogP contribution in [-0.2, 0) is 9.53 Å². The van der Waals surface area contributed by atoms with Crippen LogP contribution in [0.1, 0.15) is 0 Å². The zero-order valence-electron chi connectivity index (χ0n) is 10.2. The molecule has 7 heteroatoms. The van der Waals surface area contributed by atoms with E-state index in [1.807, 2.05) is 12.1 Å². The van der Waals surface area contributed by atoms with Crippen molar-refractivity contribution in [2.45, 2.75) is 0 Å². The van der Waals surface area contributed by atoms with E-state index in [-0.39, 0.29) is 25.7 Å². The Morgan fingerprint density at radius 2 is 2.11 bits per heavy atom. The van der Waals surface area contributed by atoms with E-state index in [0.717, 1.165) is 8.95 Å². The summed E-state index contributed by atoms with van der Waals surface area (Å²) in [5.74, 6) is 0.386. The highest BCUT2D eigenvalue weighted by Crippen LogP contribution is 2.27. The summed E-state index contributed by atoms with van der Waals surface area (Å²) in [6.45, 7) is 0.963. The maximum atomic E-state index is 11.5. The van der Waals surface area contributed by atoms with Gasteiger partial charge in [0.25, 0.3) is 5.91 Å². The van der Waals surface area contributed by atoms with Crippen LogP contribution < -0.4 is 10.1 Å². The molecular weight excluding hydrogens is 382 g/mol. The van der Waals surface area contributed by atoms with Crippen molar-refractivity contribution in [2.75, 3.05) is 33.0 Å². The van der Waals surface area contributed by atoms with E-state index in [2.05, 4.69) is 37.2 Å². The molecular formula is C12H15Br2NO4. The molecule has 0 heterocycles. The molecule has 1 amide bonds. The van der Waals surface area contributed by atoms with Gasteiger partial charge in [-0.2, -0.15) is 0 Å². The van der Waals surface area contributed by atoms with Gasteiger partial charge in [-0.1, -0.05) is 15.9 Å². The zero-order valence-corrected chi connectivity index (χ0v) is 13.4. The molecule has 0 aliphatic heterocycles. The Kier molecular flexibility index (Phi) is 8.04. The van der Waals surface area contributed by atoms with E-state index >= 15 is 0 Å². The summed E-state index contributed by atoms with van der Waals surface area (Å²) in [4.78, 5) is 11.5. The fraction of sp³-hybridized carbons (Fsp3) is 0.417. The molecule has 0 spiro atoms. The average molecular weight is 397 g/mol. The normalized spacial score (nSPS) is 10.3. The molecule has 19 heavy (non-hydrogen) atoms. The number of benzene rings is 1. The van der Waals surface area contributed by atoms with E-state index in [1.165, 1.54) is 0 Å². The zero-order chi connectivity index (χ0) is 14.1. The summed E-state index contributed by atoms with van der Waals surface area (Å²) in [6, 6.07) is 5.45. The second-order valence-corrected chi connectivity index (χ2v) is 5.32. The molecule has 0 saturated heterocycles. The third-order valence-electron chi connectivity index (χ3n) is 2.06. The van der Waals surface area contributed by atoms with Crippen molar-refractivity contribution in [3.8, 4) is 5.75 Å². The van der Waals surface area contributed by atoms with Gasteiger partial charge in [-0.15, -0.1) is 0 Å². The second kappa shape index (κ2) is 9.30. The highest BCUT2D eigenvalue weighted by molar-refractivity contribution is 9.11. The minimum Gasteiger partial charge on any atom is -0.483 e. The van der Waals surface area contributed by atoms with Gasteiger partial charge in [-0.05, 0) is 34.1 Å². The number of aliphatic hydroxyl groups excluding tert-OH is 1. The van der Waals surface area contributed by atoms with E-state index in [4.69, 9.17) is 14.6 Å². The van der Waals surface area contributed by atoms with Crippen LogP contribution in [0.25, 0.3) is 0 Å². The van der Waals surface area contributed by atoms with Crippen molar-refractivity contribution in [3.05, 3.63) is 27.1 Å². The molecule has 0 aromatic heterocycles. The summed E-state index contributed by atoms with van der Waals surface area (Å²) >= 11 is 6.68. The maximum Gasteiger partial charge on any atom is 0.258 e. The molecule has 0 fully saturated rings. The molecule has 1 aromatic carbocycles. The van der Waals surface area contributed by atoms with E-state index in [1.54, 1.807) is 6.07 Å². The second-order valence-electron chi connectivity index (χ2n) is 3.55. The van der Waals surface area contributed by atoms with Crippen molar-refractivity contribution in [2.24, 2.45) is 0 Å². The summed E-state index contributed by atoms with van der Waals surface area (Å²) in [6.07, 6.45) is 0. The van der Waals surface area contributed by atoms with Crippen molar-refractivity contribution in [1.82, 2.24) is 5.32 Å². The molecule has 106 valence electrons. The molecule has 1 rings (SSSR count). The third-order valence-corrected chi connectivity index (χ3v) is 3.17. The fourth-order valence-electron chi connectivity index (χ4n) is 1.22. The molecule has 0 aliphatic rings. The number of nitrogens with one attached hydrogen (secondary N) is 1. The number of halogens is 2. The lowest BCUT2D eigenvalue weighted by atomic mass is 10.3. The molecule has 0 unspecified atom stereocenters. The number of aliphatic hydroxyl groups is 1. The first-order valence-electron chi connectivity index (χ1n) is 5.66. The predicted octanol–water partition coefficient (Wildman–Crippen LogP) is 1.72. The number of carbonyl (C=O) groups is 1. The van der Waals surface area contributed by atoms with Crippen LogP contribution in [0.4, 0.5) is 0 Å². The Balaban J connectivity index is 2.22. The largest absolute Gasteiger partial charge is 0.483 e. The van der Waals surface area contributed by atoms with Gasteiger partial charge >= 0.3 is 0 Å². The van der Waals surface area contributed by atoms with E-state index in [9.17, 15) is 4.79 Å². The Morgan fingerprint density at radius 3 is 2.79 bits per heavy atom. The van der Waals surface area contributed by atoms with Crippen LogP contribution in [-0.4, -0.2) is 44.0 Å². The van der Waals surface area contributed by atoms with Crippen molar-refractivity contribution < 1.29 is 19.4 Å². The summed E-state index contributed by atoms with van der Waals surface area (Å²) in [5, 5.41) is 11.1. The van der Waals surface area contributed by atoms with Crippen molar-refractivity contribution >= 4 is 37.8 Å². The standard InChI is InChI=1S/C12H15Br2NO4/c13-9-1-2-11(10(14)7-9)19-8-12(17)15-3-5-18-6-4-16/h1-2,7,16H,3-6,8H2,(H,15,17). The molecule has 2 N–H and O–H groups in total. The van der Waals surface area contributed by atoms with Crippen LogP contribution in [0.3, 0.4) is 0 Å². The third kappa shape index (κ3) is 6.91. The predicted molar refractivity (Wildman–Crippen MR) is 78.3 cm³/mol. The number of hydrogen-bond donors (Lipinski definition) is 2. The number of amides is 1. The van der Waals surface area contributed by atoms with E-state index < -0.39 is 0 Å². The molecule has 5 nitrogen and oxygen atoms in total. The SMILES string of the molecule is O=C(COc1ccc(Br)cc1Br)NCCOCCO. The van der Waals surface area contributed by atoms with Gasteiger partial charge in [0.2, 0.25) is 0 Å². The Hall–Kier alpha value is -0.630. The minimum absolute atomic E-state index is 0.0192. The quantitative estimate of drug-likeness (QED) is 0.656. The van der Waals surface area contributed by atoms with Crippen LogP contribution in [0, 0.1) is 0 Å². The first-order valence-corrected chi connectivity index (χ1v) is 7.25. The van der Waals surface area contributed by atoms with Gasteiger partial charge in [-0.25, -0.2) is 0 Å². The van der Waals surface area contributed by atoms with Gasteiger partial charge in [0.05, 0.1) is 24.3 Å². The van der Waals surface area contributed by atoms with Crippen LogP contribution in [0.15, 0.2) is 27.1 Å².